The van der Waals surface area contributed by atoms with Crippen LogP contribution in [0.15, 0.2) is 0 Å². The molecule has 108 valence electrons. The van der Waals surface area contributed by atoms with Gasteiger partial charge in [0, 0.05) is 12.5 Å². The molecule has 18 heavy (non-hydrogen) atoms. The molecule has 0 radical (unpaired) electrons. The van der Waals surface area contributed by atoms with Crippen molar-refractivity contribution in [2.24, 2.45) is 23.5 Å². The number of nitrogens with one attached hydrogen (secondary N) is 1. The maximum absolute atomic E-state index is 11.9. The van der Waals surface area contributed by atoms with Crippen LogP contribution in [0.25, 0.3) is 0 Å². The number of nitrogens with two attached hydrogens (primary N) is 1. The van der Waals surface area contributed by atoms with Crippen molar-refractivity contribution in [3.63, 3.8) is 0 Å². The molecule has 0 aromatic heterocycles. The fourth-order valence-corrected chi connectivity index (χ4v) is 2.18. The van der Waals surface area contributed by atoms with E-state index in [0.29, 0.717) is 30.7 Å². The van der Waals surface area contributed by atoms with Gasteiger partial charge in [0.25, 0.3) is 0 Å². The number of rotatable bonds is 9. The van der Waals surface area contributed by atoms with E-state index in [4.69, 9.17) is 5.73 Å². The highest BCUT2D eigenvalue weighted by molar-refractivity contribution is 5.76. The predicted molar refractivity (Wildman–Crippen MR) is 78.3 cm³/mol. The zero-order valence-corrected chi connectivity index (χ0v) is 12.8. The van der Waals surface area contributed by atoms with Gasteiger partial charge in [-0.05, 0) is 50.5 Å². The summed E-state index contributed by atoms with van der Waals surface area (Å²) in [6.45, 7) is 11.5. The molecule has 0 fully saturated rings. The minimum atomic E-state index is 0.155. The van der Waals surface area contributed by atoms with E-state index in [1.807, 2.05) is 0 Å². The first-order valence-electron chi connectivity index (χ1n) is 7.34. The van der Waals surface area contributed by atoms with Crippen molar-refractivity contribution in [3.8, 4) is 0 Å². The van der Waals surface area contributed by atoms with Gasteiger partial charge in [-0.2, -0.15) is 0 Å². The number of amides is 1. The second-order valence-electron chi connectivity index (χ2n) is 6.38. The molecule has 0 aromatic carbocycles. The minimum Gasteiger partial charge on any atom is -0.354 e. The summed E-state index contributed by atoms with van der Waals surface area (Å²) >= 11 is 0. The molecular weight excluding hydrogens is 224 g/mol. The third kappa shape index (κ3) is 9.46. The topological polar surface area (TPSA) is 55.1 Å². The Morgan fingerprint density at radius 1 is 1.06 bits per heavy atom. The van der Waals surface area contributed by atoms with Gasteiger partial charge in [-0.3, -0.25) is 4.79 Å². The monoisotopic (exact) mass is 256 g/mol. The summed E-state index contributed by atoms with van der Waals surface area (Å²) in [5, 5.41) is 3.08. The maximum Gasteiger partial charge on any atom is 0.220 e. The summed E-state index contributed by atoms with van der Waals surface area (Å²) in [5.74, 6) is 1.77. The first-order valence-corrected chi connectivity index (χ1v) is 7.34. The first kappa shape index (κ1) is 17.4. The first-order chi connectivity index (χ1) is 8.35. The quantitative estimate of drug-likeness (QED) is 0.666. The Kier molecular flexibility index (Phi) is 9.08. The van der Waals surface area contributed by atoms with Crippen LogP contribution in [0.5, 0.6) is 0 Å². The van der Waals surface area contributed by atoms with Crippen LogP contribution in [-0.2, 0) is 4.79 Å². The van der Waals surface area contributed by atoms with Gasteiger partial charge in [0.2, 0.25) is 5.91 Å². The predicted octanol–water partition coefficient (Wildman–Crippen LogP) is 2.94. The fraction of sp³-hybridized carbons (Fsp3) is 0.933. The van der Waals surface area contributed by atoms with Crippen LogP contribution in [0.4, 0.5) is 0 Å². The Balaban J connectivity index is 3.93. The minimum absolute atomic E-state index is 0.155. The van der Waals surface area contributed by atoms with Gasteiger partial charge in [-0.25, -0.2) is 0 Å². The summed E-state index contributed by atoms with van der Waals surface area (Å²) in [6, 6.07) is 0.275. The van der Waals surface area contributed by atoms with Gasteiger partial charge in [0.1, 0.15) is 0 Å². The summed E-state index contributed by atoms with van der Waals surface area (Å²) in [5.41, 5.74) is 5.72. The van der Waals surface area contributed by atoms with Crippen molar-refractivity contribution < 1.29 is 4.79 Å². The lowest BCUT2D eigenvalue weighted by Crippen LogP contribution is -2.35. The molecule has 3 nitrogen and oxygen atoms in total. The molecule has 3 N–H and O–H groups in total. The van der Waals surface area contributed by atoms with Crippen LogP contribution in [0, 0.1) is 17.8 Å². The summed E-state index contributed by atoms with van der Waals surface area (Å²) in [7, 11) is 0. The SMILES string of the molecule is CC(C)CCC(C)NC(=O)C[C@@H](CN)CC(C)C. The Bertz CT molecular complexity index is 227. The molecular formula is C15H32N2O. The molecule has 0 spiro atoms. The lowest BCUT2D eigenvalue weighted by Gasteiger charge is -2.19. The zero-order chi connectivity index (χ0) is 14.1. The molecule has 0 aliphatic carbocycles. The molecule has 0 bridgehead atoms. The second kappa shape index (κ2) is 9.37. The highest BCUT2D eigenvalue weighted by Crippen LogP contribution is 2.14. The lowest BCUT2D eigenvalue weighted by atomic mass is 9.94. The molecule has 0 aromatic rings. The summed E-state index contributed by atoms with van der Waals surface area (Å²) in [6.07, 6.45) is 3.82. The lowest BCUT2D eigenvalue weighted by molar-refractivity contribution is -0.122. The molecule has 0 saturated carbocycles. The van der Waals surface area contributed by atoms with Crippen molar-refractivity contribution in [1.29, 1.82) is 0 Å². The van der Waals surface area contributed by atoms with Crippen LogP contribution in [0.1, 0.15) is 60.3 Å². The van der Waals surface area contributed by atoms with E-state index in [1.54, 1.807) is 0 Å². The molecule has 0 heterocycles. The highest BCUT2D eigenvalue weighted by atomic mass is 16.1. The van der Waals surface area contributed by atoms with Gasteiger partial charge in [-0.15, -0.1) is 0 Å². The van der Waals surface area contributed by atoms with E-state index in [0.717, 1.165) is 19.3 Å². The van der Waals surface area contributed by atoms with Crippen LogP contribution < -0.4 is 11.1 Å². The molecule has 1 unspecified atom stereocenters. The molecule has 0 rings (SSSR count). The molecule has 0 aliphatic heterocycles. The molecule has 3 heteroatoms. The number of carbonyl (C=O) groups is 1. The van der Waals surface area contributed by atoms with Gasteiger partial charge in [0.05, 0.1) is 0 Å². The number of hydrogen-bond acceptors (Lipinski definition) is 2. The van der Waals surface area contributed by atoms with Crippen molar-refractivity contribution in [2.75, 3.05) is 6.54 Å². The van der Waals surface area contributed by atoms with Gasteiger partial charge in [-0.1, -0.05) is 27.7 Å². The fourth-order valence-electron chi connectivity index (χ4n) is 2.18. The largest absolute Gasteiger partial charge is 0.354 e. The van der Waals surface area contributed by atoms with Crippen molar-refractivity contribution >= 4 is 5.91 Å². The van der Waals surface area contributed by atoms with E-state index >= 15 is 0 Å². The van der Waals surface area contributed by atoms with Crippen molar-refractivity contribution in [2.45, 2.75) is 66.3 Å². The normalized spacial score (nSPS) is 14.9. The van der Waals surface area contributed by atoms with E-state index in [-0.39, 0.29) is 11.9 Å². The van der Waals surface area contributed by atoms with Crippen LogP contribution >= 0.6 is 0 Å². The molecule has 0 saturated heterocycles. The zero-order valence-electron chi connectivity index (χ0n) is 12.8. The highest BCUT2D eigenvalue weighted by Gasteiger charge is 2.15. The third-order valence-electron chi connectivity index (χ3n) is 3.20. The summed E-state index contributed by atoms with van der Waals surface area (Å²) < 4.78 is 0. The third-order valence-corrected chi connectivity index (χ3v) is 3.20. The average Bonchev–Trinajstić information content (AvgIpc) is 2.24. The molecule has 2 atom stereocenters. The average molecular weight is 256 g/mol. The number of carbonyl (C=O) groups excluding carboxylic acids is 1. The van der Waals surface area contributed by atoms with Crippen molar-refractivity contribution in [1.82, 2.24) is 5.32 Å². The van der Waals surface area contributed by atoms with E-state index in [2.05, 4.69) is 39.9 Å². The Hall–Kier alpha value is -0.570. The summed E-state index contributed by atoms with van der Waals surface area (Å²) in [4.78, 5) is 11.9. The Morgan fingerprint density at radius 2 is 1.67 bits per heavy atom. The van der Waals surface area contributed by atoms with Crippen LogP contribution in [0.2, 0.25) is 0 Å². The molecule has 1 amide bonds. The van der Waals surface area contributed by atoms with Crippen LogP contribution in [-0.4, -0.2) is 18.5 Å². The standard InChI is InChI=1S/C15H32N2O/c1-11(2)6-7-13(5)17-15(18)9-14(10-16)8-12(3)4/h11-14H,6-10,16H2,1-5H3,(H,17,18)/t13?,14-/m0/s1. The van der Waals surface area contributed by atoms with Gasteiger partial charge < -0.3 is 11.1 Å². The maximum atomic E-state index is 11.9. The van der Waals surface area contributed by atoms with Crippen molar-refractivity contribution in [3.05, 3.63) is 0 Å². The van der Waals surface area contributed by atoms with E-state index in [1.165, 1.54) is 0 Å². The van der Waals surface area contributed by atoms with E-state index in [9.17, 15) is 4.79 Å². The van der Waals surface area contributed by atoms with Gasteiger partial charge in [0.15, 0.2) is 0 Å². The Morgan fingerprint density at radius 3 is 2.11 bits per heavy atom. The van der Waals surface area contributed by atoms with Gasteiger partial charge >= 0.3 is 0 Å². The second-order valence-corrected chi connectivity index (χ2v) is 6.38. The van der Waals surface area contributed by atoms with E-state index < -0.39 is 0 Å². The smallest absolute Gasteiger partial charge is 0.220 e. The molecule has 0 aliphatic rings. The van der Waals surface area contributed by atoms with Crippen LogP contribution in [0.3, 0.4) is 0 Å². The Labute approximate surface area is 113 Å². The number of hydrogen-bond donors (Lipinski definition) is 2.